The molecule has 1 saturated heterocycles. The first-order valence-electron chi connectivity index (χ1n) is 8.58. The van der Waals surface area contributed by atoms with E-state index in [1.54, 1.807) is 11.1 Å². The van der Waals surface area contributed by atoms with Crippen LogP contribution >= 0.6 is 11.3 Å². The molecule has 0 radical (unpaired) electrons. The Morgan fingerprint density at radius 2 is 1.86 bits per heavy atom. The molecule has 3 rings (SSSR count). The Kier molecular flexibility index (Phi) is 5.32. The average molecular weight is 314 g/mol. The van der Waals surface area contributed by atoms with E-state index in [9.17, 15) is 0 Å². The van der Waals surface area contributed by atoms with Gasteiger partial charge in [0.05, 0.1) is 0 Å². The summed E-state index contributed by atoms with van der Waals surface area (Å²) in [4.78, 5) is 4.17. The number of rotatable bonds is 5. The highest BCUT2D eigenvalue weighted by molar-refractivity contribution is 7.10. The molecule has 2 heterocycles. The van der Waals surface area contributed by atoms with Crippen LogP contribution in [0.5, 0.6) is 0 Å². The van der Waals surface area contributed by atoms with Crippen LogP contribution in [0.15, 0.2) is 35.7 Å². The molecule has 1 aromatic heterocycles. The molecule has 118 valence electrons. The van der Waals surface area contributed by atoms with Gasteiger partial charge in [0.2, 0.25) is 0 Å². The fourth-order valence-electron chi connectivity index (χ4n) is 3.67. The van der Waals surface area contributed by atoms with Gasteiger partial charge in [0.1, 0.15) is 0 Å². The maximum Gasteiger partial charge on any atom is 0.0244 e. The summed E-state index contributed by atoms with van der Waals surface area (Å²) in [5, 5.41) is 2.38. The molecule has 1 aliphatic rings. The number of nitrogens with zero attached hydrogens (tertiary/aromatic N) is 1. The minimum Gasteiger partial charge on any atom is -0.299 e. The van der Waals surface area contributed by atoms with E-state index in [0.717, 1.165) is 12.5 Å². The molecule has 1 aromatic carbocycles. The number of thiophene rings is 1. The van der Waals surface area contributed by atoms with Gasteiger partial charge < -0.3 is 0 Å². The van der Waals surface area contributed by atoms with Crippen LogP contribution < -0.4 is 0 Å². The average Bonchev–Trinajstić information content (AvgIpc) is 2.90. The quantitative estimate of drug-likeness (QED) is 0.744. The number of hydrogen-bond acceptors (Lipinski definition) is 2. The lowest BCUT2D eigenvalue weighted by molar-refractivity contribution is 0.177. The first kappa shape index (κ1) is 15.8. The Balaban J connectivity index is 1.51. The normalized spacial score (nSPS) is 17.0. The van der Waals surface area contributed by atoms with Gasteiger partial charge in [0.15, 0.2) is 0 Å². The van der Waals surface area contributed by atoms with Crippen molar-refractivity contribution in [2.45, 2.75) is 46.1 Å². The molecular formula is C20H27NS. The topological polar surface area (TPSA) is 3.24 Å². The number of hydrogen-bond donors (Lipinski definition) is 0. The van der Waals surface area contributed by atoms with E-state index in [-0.39, 0.29) is 0 Å². The molecule has 0 bridgehead atoms. The monoisotopic (exact) mass is 313 g/mol. The molecule has 0 atom stereocenters. The lowest BCUT2D eigenvalue weighted by atomic mass is 9.90. The standard InChI is InChI=1S/C20H27NS/c1-3-20-16(2)22-15-19(20)14-21-11-9-18(10-12-21)13-17-7-5-4-6-8-17/h4-8,15,18H,3,9-14H2,1-2H3. The molecule has 1 nitrogen and oxygen atoms in total. The Morgan fingerprint density at radius 3 is 2.55 bits per heavy atom. The maximum atomic E-state index is 2.65. The summed E-state index contributed by atoms with van der Waals surface area (Å²) in [7, 11) is 0. The Morgan fingerprint density at radius 1 is 1.14 bits per heavy atom. The third kappa shape index (κ3) is 3.80. The lowest BCUT2D eigenvalue weighted by Gasteiger charge is -2.32. The molecule has 2 aromatic rings. The summed E-state index contributed by atoms with van der Waals surface area (Å²) in [6, 6.07) is 11.0. The van der Waals surface area contributed by atoms with Crippen LogP contribution in [0, 0.1) is 12.8 Å². The van der Waals surface area contributed by atoms with Crippen LogP contribution in [0.1, 0.15) is 41.3 Å². The van der Waals surface area contributed by atoms with Gasteiger partial charge >= 0.3 is 0 Å². The van der Waals surface area contributed by atoms with E-state index in [2.05, 4.69) is 54.5 Å². The van der Waals surface area contributed by atoms with Crippen LogP contribution in [-0.4, -0.2) is 18.0 Å². The first-order valence-corrected chi connectivity index (χ1v) is 9.46. The van der Waals surface area contributed by atoms with Crippen molar-refractivity contribution in [2.75, 3.05) is 13.1 Å². The molecule has 0 amide bonds. The van der Waals surface area contributed by atoms with Crippen molar-refractivity contribution in [3.8, 4) is 0 Å². The molecule has 1 aliphatic heterocycles. The van der Waals surface area contributed by atoms with Crippen LogP contribution in [0.25, 0.3) is 0 Å². The number of piperidine rings is 1. The fraction of sp³-hybridized carbons (Fsp3) is 0.500. The van der Waals surface area contributed by atoms with Crippen molar-refractivity contribution < 1.29 is 0 Å². The van der Waals surface area contributed by atoms with Gasteiger partial charge in [-0.15, -0.1) is 11.3 Å². The van der Waals surface area contributed by atoms with E-state index in [1.165, 1.54) is 49.2 Å². The Bertz CT molecular complexity index is 579. The molecule has 1 fully saturated rings. The summed E-state index contributed by atoms with van der Waals surface area (Å²) in [6.45, 7) is 8.22. The van der Waals surface area contributed by atoms with Gasteiger partial charge in [0.25, 0.3) is 0 Å². The molecule has 2 heteroatoms. The molecule has 0 aliphatic carbocycles. The molecule has 22 heavy (non-hydrogen) atoms. The molecule has 0 spiro atoms. The molecule has 0 N–H and O–H groups in total. The van der Waals surface area contributed by atoms with Gasteiger partial charge in [-0.25, -0.2) is 0 Å². The summed E-state index contributed by atoms with van der Waals surface area (Å²) < 4.78 is 0. The minimum atomic E-state index is 0.869. The largest absolute Gasteiger partial charge is 0.299 e. The van der Waals surface area contributed by atoms with E-state index in [1.807, 2.05) is 11.3 Å². The second kappa shape index (κ2) is 7.43. The highest BCUT2D eigenvalue weighted by Crippen LogP contribution is 2.27. The zero-order valence-electron chi connectivity index (χ0n) is 13.8. The smallest absolute Gasteiger partial charge is 0.0244 e. The van der Waals surface area contributed by atoms with E-state index in [0.29, 0.717) is 0 Å². The van der Waals surface area contributed by atoms with Crippen molar-refractivity contribution in [1.29, 1.82) is 0 Å². The zero-order chi connectivity index (χ0) is 15.4. The number of aryl methyl sites for hydroxylation is 1. The van der Waals surface area contributed by atoms with E-state index >= 15 is 0 Å². The van der Waals surface area contributed by atoms with Gasteiger partial charge in [-0.2, -0.15) is 0 Å². The van der Waals surface area contributed by atoms with Crippen LogP contribution in [-0.2, 0) is 19.4 Å². The van der Waals surface area contributed by atoms with Crippen molar-refractivity contribution in [2.24, 2.45) is 5.92 Å². The molecule has 0 unspecified atom stereocenters. The summed E-state index contributed by atoms with van der Waals surface area (Å²) in [5.41, 5.74) is 4.67. The number of likely N-dealkylation sites (tertiary alicyclic amines) is 1. The van der Waals surface area contributed by atoms with Gasteiger partial charge in [-0.1, -0.05) is 37.3 Å². The highest BCUT2D eigenvalue weighted by atomic mass is 32.1. The van der Waals surface area contributed by atoms with Crippen LogP contribution in [0.4, 0.5) is 0 Å². The first-order chi connectivity index (χ1) is 10.8. The van der Waals surface area contributed by atoms with Gasteiger partial charge in [-0.05, 0) is 73.7 Å². The molecular weight excluding hydrogens is 286 g/mol. The number of benzene rings is 1. The van der Waals surface area contributed by atoms with Crippen molar-refractivity contribution >= 4 is 11.3 Å². The van der Waals surface area contributed by atoms with Crippen LogP contribution in [0.3, 0.4) is 0 Å². The van der Waals surface area contributed by atoms with Gasteiger partial charge in [0, 0.05) is 11.4 Å². The second-order valence-corrected chi connectivity index (χ2v) is 7.64. The highest BCUT2D eigenvalue weighted by Gasteiger charge is 2.20. The molecule has 0 saturated carbocycles. The Hall–Kier alpha value is -1.12. The second-order valence-electron chi connectivity index (χ2n) is 6.56. The van der Waals surface area contributed by atoms with Crippen molar-refractivity contribution in [3.05, 3.63) is 57.3 Å². The third-order valence-corrected chi connectivity index (χ3v) is 6.01. The summed E-state index contributed by atoms with van der Waals surface area (Å²) in [5.74, 6) is 0.869. The minimum absolute atomic E-state index is 0.869. The lowest BCUT2D eigenvalue weighted by Crippen LogP contribution is -2.34. The Labute approximate surface area is 139 Å². The maximum absolute atomic E-state index is 2.65. The predicted octanol–water partition coefficient (Wildman–Crippen LogP) is 5.07. The van der Waals surface area contributed by atoms with E-state index < -0.39 is 0 Å². The summed E-state index contributed by atoms with van der Waals surface area (Å²) >= 11 is 1.92. The predicted molar refractivity (Wildman–Crippen MR) is 96.6 cm³/mol. The SMILES string of the molecule is CCc1c(CN2CCC(Cc3ccccc3)CC2)csc1C. The zero-order valence-corrected chi connectivity index (χ0v) is 14.7. The van der Waals surface area contributed by atoms with Crippen molar-refractivity contribution in [3.63, 3.8) is 0 Å². The summed E-state index contributed by atoms with van der Waals surface area (Å²) in [6.07, 6.45) is 5.13. The van der Waals surface area contributed by atoms with Crippen molar-refractivity contribution in [1.82, 2.24) is 4.90 Å². The van der Waals surface area contributed by atoms with E-state index in [4.69, 9.17) is 0 Å². The fourth-order valence-corrected chi connectivity index (χ4v) is 4.63. The van der Waals surface area contributed by atoms with Gasteiger partial charge in [-0.3, -0.25) is 4.90 Å². The third-order valence-electron chi connectivity index (χ3n) is 5.01. The van der Waals surface area contributed by atoms with Crippen LogP contribution in [0.2, 0.25) is 0 Å².